The van der Waals surface area contributed by atoms with Crippen LogP contribution >= 0.6 is 27.5 Å². The van der Waals surface area contributed by atoms with Gasteiger partial charge in [0, 0.05) is 16.0 Å². The van der Waals surface area contributed by atoms with E-state index in [-0.39, 0.29) is 17.0 Å². The molecule has 1 fully saturated rings. The summed E-state index contributed by atoms with van der Waals surface area (Å²) in [6.45, 7) is 0. The number of aromatic carboxylic acids is 1. The Morgan fingerprint density at radius 2 is 1.94 bits per heavy atom. The van der Waals surface area contributed by atoms with E-state index in [1.54, 1.807) is 18.2 Å². The fraction of sp³-hybridized carbons (Fsp3) is 0.231. The van der Waals surface area contributed by atoms with Crippen LogP contribution in [0.1, 0.15) is 60.0 Å². The van der Waals surface area contributed by atoms with Gasteiger partial charge in [-0.15, -0.1) is 0 Å². The molecule has 1 N–H and O–H groups in total. The molecule has 5 rings (SSSR count). The minimum absolute atomic E-state index is 0.105. The first-order valence-electron chi connectivity index (χ1n) is 11.3. The molecular formula is C26H21BrClN3O4. The summed E-state index contributed by atoms with van der Waals surface area (Å²) in [6.07, 6.45) is 6.78. The predicted octanol–water partition coefficient (Wildman–Crippen LogP) is 6.70. The van der Waals surface area contributed by atoms with Crippen LogP contribution in [-0.2, 0) is 0 Å². The Balaban J connectivity index is 1.55. The first-order chi connectivity index (χ1) is 16.9. The lowest BCUT2D eigenvalue weighted by molar-refractivity contribution is 0.0697. The summed E-state index contributed by atoms with van der Waals surface area (Å²) < 4.78 is 8.04. The number of carboxylic acid groups (broad SMARTS) is 1. The average molecular weight is 555 g/mol. The van der Waals surface area contributed by atoms with Crippen LogP contribution in [0.4, 0.5) is 0 Å². The van der Waals surface area contributed by atoms with Gasteiger partial charge in [0.15, 0.2) is 0 Å². The second-order valence-corrected chi connectivity index (χ2v) is 9.85. The van der Waals surface area contributed by atoms with Gasteiger partial charge in [0.05, 0.1) is 27.7 Å². The molecule has 0 saturated heterocycles. The van der Waals surface area contributed by atoms with Crippen LogP contribution in [-0.4, -0.2) is 27.0 Å². The van der Waals surface area contributed by atoms with Gasteiger partial charge in [0.1, 0.15) is 17.3 Å². The number of carbonyl (C=O) groups is 1. The summed E-state index contributed by atoms with van der Waals surface area (Å²) in [6, 6.07) is 13.3. The van der Waals surface area contributed by atoms with Crippen molar-refractivity contribution < 1.29 is 14.3 Å². The molecule has 1 saturated carbocycles. The quantitative estimate of drug-likeness (QED) is 0.277. The number of hydrogen-bond donors (Lipinski definition) is 1. The molecule has 1 aliphatic rings. The third-order valence-corrected chi connectivity index (χ3v) is 7.03. The standard InChI is InChI=1S/C26H21BrClN3O4/c27-17-7-10-22-20(13-17)25(32)31(24(30-22)15-4-2-1-3-5-15)29-14-18-8-11-23(35-18)19-12-16(26(33)34)6-9-21(19)28/h6-15H,1-5H2,(H,33,34). The second kappa shape index (κ2) is 9.79. The second-order valence-electron chi connectivity index (χ2n) is 8.53. The molecule has 0 bridgehead atoms. The normalized spacial score (nSPS) is 14.7. The predicted molar refractivity (Wildman–Crippen MR) is 139 cm³/mol. The molecule has 0 unspecified atom stereocenters. The summed E-state index contributed by atoms with van der Waals surface area (Å²) in [7, 11) is 0. The number of halogens is 2. The zero-order chi connectivity index (χ0) is 24.5. The lowest BCUT2D eigenvalue weighted by atomic mass is 9.88. The molecule has 7 nitrogen and oxygen atoms in total. The smallest absolute Gasteiger partial charge is 0.335 e. The van der Waals surface area contributed by atoms with Gasteiger partial charge in [-0.3, -0.25) is 4.79 Å². The lowest BCUT2D eigenvalue weighted by Gasteiger charge is -2.22. The summed E-state index contributed by atoms with van der Waals surface area (Å²) in [4.78, 5) is 29.6. The number of rotatable bonds is 5. The van der Waals surface area contributed by atoms with Gasteiger partial charge in [0.2, 0.25) is 0 Å². The summed E-state index contributed by atoms with van der Waals surface area (Å²) in [5, 5.41) is 14.6. The van der Waals surface area contributed by atoms with E-state index in [9.17, 15) is 14.7 Å². The molecule has 1 aliphatic carbocycles. The number of furan rings is 1. The van der Waals surface area contributed by atoms with Crippen LogP contribution in [0.25, 0.3) is 22.2 Å². The number of hydrogen-bond acceptors (Lipinski definition) is 5. The lowest BCUT2D eigenvalue weighted by Crippen LogP contribution is -2.25. The van der Waals surface area contributed by atoms with Gasteiger partial charge in [-0.2, -0.15) is 9.78 Å². The van der Waals surface area contributed by atoms with Crippen molar-refractivity contribution in [1.82, 2.24) is 9.66 Å². The molecule has 35 heavy (non-hydrogen) atoms. The number of aromatic nitrogens is 2. The van der Waals surface area contributed by atoms with Crippen LogP contribution in [0.2, 0.25) is 5.02 Å². The highest BCUT2D eigenvalue weighted by molar-refractivity contribution is 9.10. The van der Waals surface area contributed by atoms with E-state index in [0.717, 1.165) is 30.2 Å². The third kappa shape index (κ3) is 4.81. The Hall–Kier alpha value is -3.23. The third-order valence-electron chi connectivity index (χ3n) is 6.21. The molecule has 178 valence electrons. The van der Waals surface area contributed by atoms with Crippen molar-refractivity contribution in [3.05, 3.63) is 85.5 Å². The Morgan fingerprint density at radius 1 is 1.14 bits per heavy atom. The SMILES string of the molecule is O=C(O)c1ccc(Cl)c(-c2ccc(C=Nn3c(C4CCCCC4)nc4ccc(Br)cc4c3=O)o2)c1. The molecule has 4 aromatic rings. The maximum atomic E-state index is 13.4. The number of fused-ring (bicyclic) bond motifs is 1. The maximum Gasteiger partial charge on any atom is 0.335 e. The highest BCUT2D eigenvalue weighted by Crippen LogP contribution is 2.33. The molecule has 2 aromatic heterocycles. The van der Waals surface area contributed by atoms with Crippen molar-refractivity contribution in [1.29, 1.82) is 0 Å². The van der Waals surface area contributed by atoms with Crippen molar-refractivity contribution in [2.24, 2.45) is 5.10 Å². The van der Waals surface area contributed by atoms with Crippen LogP contribution in [0, 0.1) is 0 Å². The first-order valence-corrected chi connectivity index (χ1v) is 12.5. The van der Waals surface area contributed by atoms with Crippen LogP contribution < -0.4 is 5.56 Å². The first kappa shape index (κ1) is 23.5. The molecule has 0 atom stereocenters. The highest BCUT2D eigenvalue weighted by atomic mass is 79.9. The summed E-state index contributed by atoms with van der Waals surface area (Å²) >= 11 is 9.70. The van der Waals surface area contributed by atoms with Crippen molar-refractivity contribution in [2.75, 3.05) is 0 Å². The zero-order valence-electron chi connectivity index (χ0n) is 18.6. The fourth-order valence-corrected chi connectivity index (χ4v) is 5.00. The molecular weight excluding hydrogens is 534 g/mol. The van der Waals surface area contributed by atoms with E-state index in [4.69, 9.17) is 21.0 Å². The maximum absolute atomic E-state index is 13.4. The highest BCUT2D eigenvalue weighted by Gasteiger charge is 2.22. The van der Waals surface area contributed by atoms with Gasteiger partial charge in [-0.05, 0) is 61.4 Å². The topological polar surface area (TPSA) is 97.7 Å². The molecule has 0 radical (unpaired) electrons. The van der Waals surface area contributed by atoms with Crippen LogP contribution in [0.15, 0.2) is 67.3 Å². The molecule has 9 heteroatoms. The van der Waals surface area contributed by atoms with Gasteiger partial charge < -0.3 is 9.52 Å². The minimum Gasteiger partial charge on any atom is -0.478 e. The van der Waals surface area contributed by atoms with Crippen molar-refractivity contribution in [3.8, 4) is 11.3 Å². The van der Waals surface area contributed by atoms with Crippen molar-refractivity contribution in [2.45, 2.75) is 38.0 Å². The van der Waals surface area contributed by atoms with E-state index in [1.807, 2.05) is 12.1 Å². The molecule has 2 heterocycles. The molecule has 0 spiro atoms. The monoisotopic (exact) mass is 553 g/mol. The molecule has 2 aromatic carbocycles. The molecule has 0 aliphatic heterocycles. The van der Waals surface area contributed by atoms with Gasteiger partial charge in [-0.1, -0.05) is 46.8 Å². The van der Waals surface area contributed by atoms with E-state index >= 15 is 0 Å². The van der Waals surface area contributed by atoms with Gasteiger partial charge in [-0.25, -0.2) is 9.78 Å². The minimum atomic E-state index is -1.05. The average Bonchev–Trinajstić information content (AvgIpc) is 3.33. The van der Waals surface area contributed by atoms with Gasteiger partial charge >= 0.3 is 5.97 Å². The van der Waals surface area contributed by atoms with E-state index in [1.165, 1.54) is 35.5 Å². The summed E-state index contributed by atoms with van der Waals surface area (Å²) in [5.74, 6) is 0.560. The van der Waals surface area contributed by atoms with Crippen molar-refractivity contribution in [3.63, 3.8) is 0 Å². The van der Waals surface area contributed by atoms with E-state index < -0.39 is 5.97 Å². The fourth-order valence-electron chi connectivity index (χ4n) is 4.43. The number of benzene rings is 2. The number of carboxylic acids is 1. The van der Waals surface area contributed by atoms with E-state index in [2.05, 4.69) is 21.0 Å². The Kier molecular flexibility index (Phi) is 6.58. The van der Waals surface area contributed by atoms with Crippen LogP contribution in [0.5, 0.6) is 0 Å². The Labute approximate surface area is 214 Å². The number of nitrogens with zero attached hydrogens (tertiary/aromatic N) is 3. The van der Waals surface area contributed by atoms with E-state index in [0.29, 0.717) is 38.8 Å². The Bertz CT molecular complexity index is 1520. The van der Waals surface area contributed by atoms with Gasteiger partial charge in [0.25, 0.3) is 5.56 Å². The van der Waals surface area contributed by atoms with Crippen LogP contribution in [0.3, 0.4) is 0 Å². The Morgan fingerprint density at radius 3 is 2.71 bits per heavy atom. The largest absolute Gasteiger partial charge is 0.478 e. The summed E-state index contributed by atoms with van der Waals surface area (Å²) in [5.41, 5.74) is 0.979. The van der Waals surface area contributed by atoms with Crippen molar-refractivity contribution >= 4 is 50.6 Å². The molecule has 0 amide bonds. The zero-order valence-corrected chi connectivity index (χ0v) is 20.9.